The van der Waals surface area contributed by atoms with Gasteiger partial charge in [-0.15, -0.1) is 0 Å². The van der Waals surface area contributed by atoms with Gasteiger partial charge in [-0.05, 0) is 29.5 Å². The third-order valence-corrected chi connectivity index (χ3v) is 3.38. The maximum Gasteiger partial charge on any atom is 0.0667 e. The Morgan fingerprint density at radius 3 is 2.07 bits per heavy atom. The zero-order valence-electron chi connectivity index (χ0n) is 9.64. The molecule has 0 unspecified atom stereocenters. The molecule has 0 spiro atoms. The van der Waals surface area contributed by atoms with Crippen molar-refractivity contribution in [2.75, 3.05) is 13.1 Å². The van der Waals surface area contributed by atoms with Crippen molar-refractivity contribution in [1.29, 1.82) is 0 Å². The standard InChI is InChI=1S/C13H20N2/c1-3-10-6-5-7-11(4-2)12(10)13(14)8-15-9-13/h5-7,15H,3-4,8-9,14H2,1-2H3. The van der Waals surface area contributed by atoms with Gasteiger partial charge >= 0.3 is 0 Å². The Hall–Kier alpha value is -0.860. The van der Waals surface area contributed by atoms with E-state index in [1.165, 1.54) is 16.7 Å². The SMILES string of the molecule is CCc1cccc(CC)c1C1(N)CNC1. The molecule has 0 atom stereocenters. The van der Waals surface area contributed by atoms with Crippen LogP contribution < -0.4 is 11.1 Å². The molecule has 3 N–H and O–H groups in total. The number of benzene rings is 1. The van der Waals surface area contributed by atoms with E-state index in [1.807, 2.05) is 0 Å². The first-order valence-electron chi connectivity index (χ1n) is 5.82. The second kappa shape index (κ2) is 3.95. The highest BCUT2D eigenvalue weighted by Gasteiger charge is 2.37. The van der Waals surface area contributed by atoms with Gasteiger partial charge in [-0.3, -0.25) is 0 Å². The number of nitrogens with one attached hydrogen (secondary N) is 1. The molecule has 1 fully saturated rings. The fourth-order valence-corrected chi connectivity index (χ4v) is 2.45. The summed E-state index contributed by atoms with van der Waals surface area (Å²) in [6.45, 7) is 6.23. The number of hydrogen-bond donors (Lipinski definition) is 2. The summed E-state index contributed by atoms with van der Waals surface area (Å²) in [6, 6.07) is 6.57. The Balaban J connectivity index is 2.50. The van der Waals surface area contributed by atoms with Crippen molar-refractivity contribution in [3.63, 3.8) is 0 Å². The molecule has 1 saturated heterocycles. The van der Waals surface area contributed by atoms with Gasteiger partial charge in [-0.2, -0.15) is 0 Å². The van der Waals surface area contributed by atoms with Crippen LogP contribution in [0.1, 0.15) is 30.5 Å². The summed E-state index contributed by atoms with van der Waals surface area (Å²) in [5.74, 6) is 0. The van der Waals surface area contributed by atoms with Gasteiger partial charge in [0.25, 0.3) is 0 Å². The first-order chi connectivity index (χ1) is 7.21. The Bertz CT molecular complexity index is 331. The van der Waals surface area contributed by atoms with Gasteiger partial charge in [0.15, 0.2) is 0 Å². The zero-order valence-corrected chi connectivity index (χ0v) is 9.64. The average molecular weight is 204 g/mol. The van der Waals surface area contributed by atoms with E-state index < -0.39 is 0 Å². The molecule has 1 aromatic carbocycles. The maximum atomic E-state index is 6.41. The summed E-state index contributed by atoms with van der Waals surface area (Å²) in [4.78, 5) is 0. The molecule has 1 aliphatic heterocycles. The molecule has 2 nitrogen and oxygen atoms in total. The summed E-state index contributed by atoms with van der Waals surface area (Å²) in [5.41, 5.74) is 10.5. The van der Waals surface area contributed by atoms with Gasteiger partial charge in [0.2, 0.25) is 0 Å². The number of hydrogen-bond acceptors (Lipinski definition) is 2. The Morgan fingerprint density at radius 1 is 1.20 bits per heavy atom. The molecule has 0 amide bonds. The smallest absolute Gasteiger partial charge is 0.0667 e. The van der Waals surface area contributed by atoms with E-state index in [0.29, 0.717) is 0 Å². The minimum atomic E-state index is -0.113. The molecule has 0 aliphatic carbocycles. The third-order valence-electron chi connectivity index (χ3n) is 3.38. The second-order valence-corrected chi connectivity index (χ2v) is 4.42. The summed E-state index contributed by atoms with van der Waals surface area (Å²) >= 11 is 0. The highest BCUT2D eigenvalue weighted by atomic mass is 15.1. The first kappa shape index (κ1) is 10.7. The van der Waals surface area contributed by atoms with Crippen molar-refractivity contribution < 1.29 is 0 Å². The predicted molar refractivity (Wildman–Crippen MR) is 63.9 cm³/mol. The van der Waals surface area contributed by atoms with Crippen molar-refractivity contribution in [3.8, 4) is 0 Å². The molecule has 0 aromatic heterocycles. The Kier molecular flexibility index (Phi) is 2.81. The van der Waals surface area contributed by atoms with Crippen molar-refractivity contribution in [1.82, 2.24) is 5.32 Å². The van der Waals surface area contributed by atoms with Gasteiger partial charge in [-0.1, -0.05) is 32.0 Å². The summed E-state index contributed by atoms with van der Waals surface area (Å²) in [6.07, 6.45) is 2.14. The lowest BCUT2D eigenvalue weighted by Crippen LogP contribution is -2.63. The molecule has 15 heavy (non-hydrogen) atoms. The van der Waals surface area contributed by atoms with Gasteiger partial charge in [-0.25, -0.2) is 0 Å². The van der Waals surface area contributed by atoms with Crippen LogP contribution in [0.25, 0.3) is 0 Å². The lowest BCUT2D eigenvalue weighted by molar-refractivity contribution is 0.283. The topological polar surface area (TPSA) is 38.0 Å². The Morgan fingerprint density at radius 2 is 1.73 bits per heavy atom. The molecular weight excluding hydrogens is 184 g/mol. The molecule has 2 rings (SSSR count). The molecule has 1 aromatic rings. The van der Waals surface area contributed by atoms with E-state index in [2.05, 4.69) is 37.4 Å². The Labute approximate surface area is 91.9 Å². The fourth-order valence-electron chi connectivity index (χ4n) is 2.45. The molecule has 2 heteroatoms. The van der Waals surface area contributed by atoms with Crippen LogP contribution in [0.3, 0.4) is 0 Å². The summed E-state index contributed by atoms with van der Waals surface area (Å²) < 4.78 is 0. The lowest BCUT2D eigenvalue weighted by atomic mass is 9.78. The largest absolute Gasteiger partial charge is 0.319 e. The predicted octanol–water partition coefficient (Wildman–Crippen LogP) is 1.57. The minimum absolute atomic E-state index is 0.113. The van der Waals surface area contributed by atoms with E-state index in [9.17, 15) is 0 Å². The summed E-state index contributed by atoms with van der Waals surface area (Å²) in [5, 5.41) is 3.28. The van der Waals surface area contributed by atoms with Crippen LogP contribution >= 0.6 is 0 Å². The average Bonchev–Trinajstić information content (AvgIpc) is 2.24. The van der Waals surface area contributed by atoms with Gasteiger partial charge in [0.1, 0.15) is 0 Å². The lowest BCUT2D eigenvalue weighted by Gasteiger charge is -2.42. The maximum absolute atomic E-state index is 6.41. The molecule has 1 heterocycles. The summed E-state index contributed by atoms with van der Waals surface area (Å²) in [7, 11) is 0. The molecule has 82 valence electrons. The van der Waals surface area contributed by atoms with Crippen LogP contribution in [0.4, 0.5) is 0 Å². The highest BCUT2D eigenvalue weighted by Crippen LogP contribution is 2.30. The molecule has 0 radical (unpaired) electrons. The first-order valence-corrected chi connectivity index (χ1v) is 5.82. The van der Waals surface area contributed by atoms with Crippen molar-refractivity contribution in [2.24, 2.45) is 5.73 Å². The van der Waals surface area contributed by atoms with E-state index in [0.717, 1.165) is 25.9 Å². The van der Waals surface area contributed by atoms with Crippen molar-refractivity contribution in [2.45, 2.75) is 32.2 Å². The third kappa shape index (κ3) is 1.68. The second-order valence-electron chi connectivity index (χ2n) is 4.42. The van der Waals surface area contributed by atoms with Crippen LogP contribution in [-0.2, 0) is 18.4 Å². The van der Waals surface area contributed by atoms with Gasteiger partial charge in [0, 0.05) is 13.1 Å². The highest BCUT2D eigenvalue weighted by molar-refractivity contribution is 5.43. The van der Waals surface area contributed by atoms with E-state index in [-0.39, 0.29) is 5.54 Å². The van der Waals surface area contributed by atoms with Crippen LogP contribution in [0.5, 0.6) is 0 Å². The molecule has 0 saturated carbocycles. The van der Waals surface area contributed by atoms with E-state index in [4.69, 9.17) is 5.73 Å². The monoisotopic (exact) mass is 204 g/mol. The zero-order chi connectivity index (χ0) is 10.9. The van der Waals surface area contributed by atoms with Gasteiger partial charge < -0.3 is 11.1 Å². The minimum Gasteiger partial charge on any atom is -0.319 e. The number of nitrogens with two attached hydrogens (primary N) is 1. The normalized spacial score (nSPS) is 18.6. The molecular formula is C13H20N2. The number of aryl methyl sites for hydroxylation is 2. The number of rotatable bonds is 3. The van der Waals surface area contributed by atoms with Crippen LogP contribution in [0, 0.1) is 0 Å². The van der Waals surface area contributed by atoms with Crippen molar-refractivity contribution in [3.05, 3.63) is 34.9 Å². The van der Waals surface area contributed by atoms with E-state index in [1.54, 1.807) is 0 Å². The van der Waals surface area contributed by atoms with Crippen molar-refractivity contribution >= 4 is 0 Å². The van der Waals surface area contributed by atoms with E-state index >= 15 is 0 Å². The quantitative estimate of drug-likeness (QED) is 0.784. The molecule has 1 aliphatic rings. The van der Waals surface area contributed by atoms with Crippen LogP contribution in [0.15, 0.2) is 18.2 Å². The van der Waals surface area contributed by atoms with Gasteiger partial charge in [0.05, 0.1) is 5.54 Å². The molecule has 0 bridgehead atoms. The van der Waals surface area contributed by atoms with Crippen LogP contribution in [-0.4, -0.2) is 13.1 Å². The fraction of sp³-hybridized carbons (Fsp3) is 0.538. The van der Waals surface area contributed by atoms with Crippen LogP contribution in [0.2, 0.25) is 0 Å².